The SMILES string of the molecule is Cc1ccc(C(C)NC(C)CCc2cccc(C)c2)cc1. The lowest BCUT2D eigenvalue weighted by Gasteiger charge is -2.20. The van der Waals surface area contributed by atoms with Gasteiger partial charge in [-0.15, -0.1) is 0 Å². The van der Waals surface area contributed by atoms with Gasteiger partial charge in [-0.3, -0.25) is 0 Å². The molecule has 2 aromatic rings. The standard InChI is InChI=1S/C20H27N/c1-15-8-12-20(13-9-15)18(4)21-17(3)10-11-19-7-5-6-16(2)14-19/h5-9,12-14,17-18,21H,10-11H2,1-4H3. The first-order chi connectivity index (χ1) is 10.0. The van der Waals surface area contributed by atoms with Gasteiger partial charge in [0.25, 0.3) is 0 Å². The van der Waals surface area contributed by atoms with Crippen molar-refractivity contribution in [2.24, 2.45) is 0 Å². The van der Waals surface area contributed by atoms with Crippen LogP contribution >= 0.6 is 0 Å². The van der Waals surface area contributed by atoms with Crippen LogP contribution < -0.4 is 5.32 Å². The average molecular weight is 281 g/mol. The zero-order valence-electron chi connectivity index (χ0n) is 13.7. The van der Waals surface area contributed by atoms with Crippen molar-refractivity contribution in [3.05, 3.63) is 70.8 Å². The predicted octanol–water partition coefficient (Wildman–Crippen LogP) is 4.98. The van der Waals surface area contributed by atoms with Crippen LogP contribution in [0, 0.1) is 13.8 Å². The molecule has 112 valence electrons. The molecule has 2 rings (SSSR count). The zero-order valence-corrected chi connectivity index (χ0v) is 13.7. The minimum Gasteiger partial charge on any atom is -0.308 e. The molecule has 0 bridgehead atoms. The van der Waals surface area contributed by atoms with Crippen LogP contribution in [0.15, 0.2) is 48.5 Å². The van der Waals surface area contributed by atoms with Crippen LogP contribution in [0.4, 0.5) is 0 Å². The first-order valence-electron chi connectivity index (χ1n) is 7.93. The van der Waals surface area contributed by atoms with Crippen LogP contribution in [0.25, 0.3) is 0 Å². The summed E-state index contributed by atoms with van der Waals surface area (Å²) in [6, 6.07) is 18.6. The maximum Gasteiger partial charge on any atom is 0.0294 e. The molecular formula is C20H27N. The summed E-state index contributed by atoms with van der Waals surface area (Å²) in [5.41, 5.74) is 5.47. The number of hydrogen-bond acceptors (Lipinski definition) is 1. The summed E-state index contributed by atoms with van der Waals surface area (Å²) >= 11 is 0. The van der Waals surface area contributed by atoms with Crippen LogP contribution in [-0.4, -0.2) is 6.04 Å². The molecule has 0 aliphatic carbocycles. The quantitative estimate of drug-likeness (QED) is 0.787. The second-order valence-electron chi connectivity index (χ2n) is 6.23. The Morgan fingerprint density at radius 3 is 2.29 bits per heavy atom. The molecule has 1 N–H and O–H groups in total. The lowest BCUT2D eigenvalue weighted by molar-refractivity contribution is 0.456. The summed E-state index contributed by atoms with van der Waals surface area (Å²) in [6.45, 7) is 8.81. The minimum atomic E-state index is 0.401. The molecule has 1 heteroatoms. The van der Waals surface area contributed by atoms with Crippen molar-refractivity contribution < 1.29 is 0 Å². The minimum absolute atomic E-state index is 0.401. The molecule has 0 aliphatic rings. The molecule has 1 nitrogen and oxygen atoms in total. The largest absolute Gasteiger partial charge is 0.308 e. The topological polar surface area (TPSA) is 12.0 Å². The summed E-state index contributed by atoms with van der Waals surface area (Å²) in [6.07, 6.45) is 2.30. The van der Waals surface area contributed by atoms with Gasteiger partial charge in [0.05, 0.1) is 0 Å². The van der Waals surface area contributed by atoms with Gasteiger partial charge < -0.3 is 5.32 Å². The van der Waals surface area contributed by atoms with Gasteiger partial charge in [-0.1, -0.05) is 59.7 Å². The molecule has 0 aliphatic heterocycles. The molecule has 0 saturated carbocycles. The second-order valence-corrected chi connectivity index (χ2v) is 6.23. The summed E-state index contributed by atoms with van der Waals surface area (Å²) in [5.74, 6) is 0. The van der Waals surface area contributed by atoms with Gasteiger partial charge in [0.2, 0.25) is 0 Å². The first kappa shape index (κ1) is 15.8. The Hall–Kier alpha value is -1.60. The van der Waals surface area contributed by atoms with Gasteiger partial charge >= 0.3 is 0 Å². The summed E-state index contributed by atoms with van der Waals surface area (Å²) in [5, 5.41) is 3.70. The highest BCUT2D eigenvalue weighted by Gasteiger charge is 2.09. The molecule has 0 heterocycles. The summed E-state index contributed by atoms with van der Waals surface area (Å²) in [7, 11) is 0. The number of hydrogen-bond donors (Lipinski definition) is 1. The van der Waals surface area contributed by atoms with E-state index in [1.54, 1.807) is 0 Å². The molecule has 2 atom stereocenters. The molecule has 0 radical (unpaired) electrons. The lowest BCUT2D eigenvalue weighted by atomic mass is 10.0. The van der Waals surface area contributed by atoms with Crippen molar-refractivity contribution in [1.82, 2.24) is 5.32 Å². The third-order valence-electron chi connectivity index (χ3n) is 4.06. The normalized spacial score (nSPS) is 13.9. The molecule has 2 aromatic carbocycles. The van der Waals surface area contributed by atoms with E-state index in [0.717, 1.165) is 6.42 Å². The molecule has 0 saturated heterocycles. The second kappa shape index (κ2) is 7.42. The Kier molecular flexibility index (Phi) is 5.58. The van der Waals surface area contributed by atoms with E-state index < -0.39 is 0 Å². The molecule has 0 amide bonds. The van der Waals surface area contributed by atoms with Crippen molar-refractivity contribution in [3.63, 3.8) is 0 Å². The zero-order chi connectivity index (χ0) is 15.2. The molecule has 21 heavy (non-hydrogen) atoms. The molecule has 0 aromatic heterocycles. The van der Waals surface area contributed by atoms with E-state index in [1.165, 1.54) is 28.7 Å². The van der Waals surface area contributed by atoms with Gasteiger partial charge in [-0.2, -0.15) is 0 Å². The van der Waals surface area contributed by atoms with E-state index in [-0.39, 0.29) is 0 Å². The Bertz CT molecular complexity index is 556. The fourth-order valence-corrected chi connectivity index (χ4v) is 2.71. The third kappa shape index (κ3) is 5.02. The van der Waals surface area contributed by atoms with Gasteiger partial charge in [-0.05, 0) is 51.7 Å². The van der Waals surface area contributed by atoms with Crippen molar-refractivity contribution in [1.29, 1.82) is 0 Å². The molecule has 0 spiro atoms. The van der Waals surface area contributed by atoms with Crippen molar-refractivity contribution in [2.45, 2.75) is 52.6 Å². The van der Waals surface area contributed by atoms with E-state index in [1.807, 2.05) is 0 Å². The number of benzene rings is 2. The van der Waals surface area contributed by atoms with Crippen LogP contribution in [0.1, 0.15) is 48.6 Å². The maximum atomic E-state index is 3.70. The van der Waals surface area contributed by atoms with Crippen LogP contribution in [0.2, 0.25) is 0 Å². The fraction of sp³-hybridized carbons (Fsp3) is 0.400. The van der Waals surface area contributed by atoms with E-state index >= 15 is 0 Å². The maximum absolute atomic E-state index is 3.70. The average Bonchev–Trinajstić information content (AvgIpc) is 2.46. The third-order valence-corrected chi connectivity index (χ3v) is 4.06. The van der Waals surface area contributed by atoms with Gasteiger partial charge in [-0.25, -0.2) is 0 Å². The Morgan fingerprint density at radius 2 is 1.62 bits per heavy atom. The van der Waals surface area contributed by atoms with E-state index in [4.69, 9.17) is 0 Å². The number of nitrogens with one attached hydrogen (secondary N) is 1. The Labute approximate surface area is 129 Å². The van der Waals surface area contributed by atoms with Gasteiger partial charge in [0.15, 0.2) is 0 Å². The molecular weight excluding hydrogens is 254 g/mol. The van der Waals surface area contributed by atoms with Crippen LogP contribution in [-0.2, 0) is 6.42 Å². The lowest BCUT2D eigenvalue weighted by Crippen LogP contribution is -2.29. The van der Waals surface area contributed by atoms with Crippen LogP contribution in [0.5, 0.6) is 0 Å². The summed E-state index contributed by atoms with van der Waals surface area (Å²) in [4.78, 5) is 0. The number of rotatable bonds is 6. The van der Waals surface area contributed by atoms with E-state index in [9.17, 15) is 0 Å². The fourth-order valence-electron chi connectivity index (χ4n) is 2.71. The van der Waals surface area contributed by atoms with Crippen LogP contribution in [0.3, 0.4) is 0 Å². The van der Waals surface area contributed by atoms with Crippen molar-refractivity contribution in [2.75, 3.05) is 0 Å². The van der Waals surface area contributed by atoms with Crippen molar-refractivity contribution in [3.8, 4) is 0 Å². The van der Waals surface area contributed by atoms with Crippen molar-refractivity contribution >= 4 is 0 Å². The highest BCUT2D eigenvalue weighted by atomic mass is 14.9. The van der Waals surface area contributed by atoms with Gasteiger partial charge in [0.1, 0.15) is 0 Å². The summed E-state index contributed by atoms with van der Waals surface area (Å²) < 4.78 is 0. The van der Waals surface area contributed by atoms with E-state index in [2.05, 4.69) is 81.5 Å². The van der Waals surface area contributed by atoms with Gasteiger partial charge in [0, 0.05) is 12.1 Å². The molecule has 2 unspecified atom stereocenters. The Balaban J connectivity index is 1.83. The predicted molar refractivity (Wildman–Crippen MR) is 91.7 cm³/mol. The number of aryl methyl sites for hydroxylation is 3. The monoisotopic (exact) mass is 281 g/mol. The highest BCUT2D eigenvalue weighted by molar-refractivity contribution is 5.24. The Morgan fingerprint density at radius 1 is 0.905 bits per heavy atom. The van der Waals surface area contributed by atoms with E-state index in [0.29, 0.717) is 12.1 Å². The smallest absolute Gasteiger partial charge is 0.0294 e. The highest BCUT2D eigenvalue weighted by Crippen LogP contribution is 2.15. The molecule has 0 fully saturated rings. The first-order valence-corrected chi connectivity index (χ1v) is 7.93.